The summed E-state index contributed by atoms with van der Waals surface area (Å²) in [5.41, 5.74) is 0. The van der Waals surface area contributed by atoms with E-state index in [0.717, 1.165) is 18.6 Å². The molecule has 0 saturated heterocycles. The van der Waals surface area contributed by atoms with Crippen LogP contribution >= 0.6 is 0 Å². The Morgan fingerprint density at radius 1 is 1.35 bits per heavy atom. The maximum absolute atomic E-state index is 10.3. The first kappa shape index (κ1) is 18.2. The van der Waals surface area contributed by atoms with E-state index in [0.29, 0.717) is 12.3 Å². The van der Waals surface area contributed by atoms with E-state index in [-0.39, 0.29) is 7.58 Å². The van der Waals surface area contributed by atoms with Gasteiger partial charge in [-0.2, -0.15) is 0 Å². The summed E-state index contributed by atoms with van der Waals surface area (Å²) in [5, 5.41) is 3.26. The molecule has 0 atom stereocenters. The lowest BCUT2D eigenvalue weighted by Crippen LogP contribution is -2.13. The Hall–Kier alpha value is -1.13. The van der Waals surface area contributed by atoms with Crippen LogP contribution in [-0.4, -0.2) is 12.8 Å². The van der Waals surface area contributed by atoms with Gasteiger partial charge in [0.2, 0.25) is 0 Å². The van der Waals surface area contributed by atoms with Crippen LogP contribution < -0.4 is 11.5 Å². The minimum absolute atomic E-state index is 0. The molecule has 0 unspecified atom stereocenters. The Labute approximate surface area is 106 Å². The van der Waals surface area contributed by atoms with Crippen LogP contribution in [0.15, 0.2) is 16.5 Å². The lowest BCUT2D eigenvalue weighted by molar-refractivity contribution is 0.109. The summed E-state index contributed by atoms with van der Waals surface area (Å²) in [6, 6.07) is 3.52. The predicted octanol–water partition coefficient (Wildman–Crippen LogP) is 3.81. The first-order valence-electron chi connectivity index (χ1n) is 6.11. The van der Waals surface area contributed by atoms with Crippen LogP contribution in [0.5, 0.6) is 0 Å². The van der Waals surface area contributed by atoms with Gasteiger partial charge in [-0.25, -0.2) is 0 Å². The number of aldehydes is 1. The number of nitrogens with one attached hydrogen (secondary N) is 1. The minimum Gasteiger partial charge on any atom is -0.457 e. The summed E-state index contributed by atoms with van der Waals surface area (Å²) < 4.78 is 5.21. The largest absolute Gasteiger partial charge is 0.457 e. The predicted molar refractivity (Wildman–Crippen MR) is 73.8 cm³/mol. The molecule has 4 N–H and O–H groups in total. The molecule has 0 bridgehead atoms. The van der Waals surface area contributed by atoms with E-state index in [1.165, 1.54) is 19.3 Å². The van der Waals surface area contributed by atoms with Crippen molar-refractivity contribution in [3.05, 3.63) is 23.7 Å². The number of carbonyl (C=O) groups excluding carboxylic acids is 1. The first-order valence-corrected chi connectivity index (χ1v) is 6.11. The van der Waals surface area contributed by atoms with Crippen molar-refractivity contribution in [2.24, 2.45) is 0 Å². The summed E-state index contributed by atoms with van der Waals surface area (Å²) in [5.74, 6) is 1.22. The Balaban J connectivity index is -0.000000534. The molecule has 1 aromatic rings. The maximum atomic E-state index is 10.3. The van der Waals surface area contributed by atoms with Crippen LogP contribution in [-0.2, 0) is 6.54 Å². The van der Waals surface area contributed by atoms with Crippen LogP contribution in [0.4, 0.5) is 0 Å². The minimum atomic E-state index is 0. The van der Waals surface area contributed by atoms with Gasteiger partial charge < -0.3 is 15.9 Å². The van der Waals surface area contributed by atoms with Crippen molar-refractivity contribution in [3.63, 3.8) is 0 Å². The van der Waals surface area contributed by atoms with Crippen molar-refractivity contribution in [2.75, 3.05) is 6.54 Å². The molecule has 0 radical (unpaired) electrons. The third kappa shape index (κ3) is 8.65. The molecule has 4 heteroatoms. The van der Waals surface area contributed by atoms with E-state index in [9.17, 15) is 4.79 Å². The van der Waals surface area contributed by atoms with Gasteiger partial charge in [0.25, 0.3) is 0 Å². The molecular formula is C13H28N2O2. The van der Waals surface area contributed by atoms with Crippen molar-refractivity contribution in [1.29, 1.82) is 0 Å². The highest BCUT2D eigenvalue weighted by Crippen LogP contribution is 2.04. The highest BCUT2D eigenvalue weighted by molar-refractivity contribution is 5.70. The molecule has 0 aliphatic heterocycles. The van der Waals surface area contributed by atoms with Gasteiger partial charge in [-0.1, -0.05) is 33.6 Å². The van der Waals surface area contributed by atoms with Gasteiger partial charge in [-0.05, 0) is 25.1 Å². The zero-order valence-corrected chi connectivity index (χ0v) is 11.3. The molecular weight excluding hydrogens is 216 g/mol. The fraction of sp³-hybridized carbons (Fsp3) is 0.615. The number of furan rings is 1. The van der Waals surface area contributed by atoms with Gasteiger partial charge >= 0.3 is 0 Å². The van der Waals surface area contributed by atoms with Crippen molar-refractivity contribution in [2.45, 2.75) is 46.6 Å². The van der Waals surface area contributed by atoms with Gasteiger partial charge in [0.05, 0.1) is 6.54 Å². The van der Waals surface area contributed by atoms with Crippen molar-refractivity contribution >= 4 is 6.29 Å². The maximum Gasteiger partial charge on any atom is 0.185 e. The Kier molecular flexibility index (Phi) is 13.9. The van der Waals surface area contributed by atoms with E-state index in [1.54, 1.807) is 6.07 Å². The molecule has 0 saturated carbocycles. The lowest BCUT2D eigenvalue weighted by atomic mass is 10.2. The topological polar surface area (TPSA) is 77.2 Å². The molecule has 0 aliphatic rings. The standard InChI is InChI=1S/C11H17NO2.C2H6.H3N.H2/c1-2-3-4-7-12-8-10-5-6-11(9-13)14-10;1-2;;/h5-6,9,12H,2-4,7-8H2,1H3;1-2H3;1H3;1H. The molecule has 17 heavy (non-hydrogen) atoms. The van der Waals surface area contributed by atoms with E-state index >= 15 is 0 Å². The molecule has 0 amide bonds. The SMILES string of the molecule is CC.CCCCCNCc1ccc(C=O)o1.N.[HH]. The Morgan fingerprint density at radius 2 is 2.06 bits per heavy atom. The Morgan fingerprint density at radius 3 is 2.59 bits per heavy atom. The van der Waals surface area contributed by atoms with Gasteiger partial charge in [0.15, 0.2) is 12.0 Å². The number of rotatable bonds is 7. The lowest BCUT2D eigenvalue weighted by Gasteiger charge is -2.00. The monoisotopic (exact) mass is 244 g/mol. The van der Waals surface area contributed by atoms with Crippen LogP contribution in [0.3, 0.4) is 0 Å². The highest BCUT2D eigenvalue weighted by Gasteiger charge is 1.99. The van der Waals surface area contributed by atoms with Gasteiger partial charge in [0, 0.05) is 1.43 Å². The van der Waals surface area contributed by atoms with Gasteiger partial charge in [-0.15, -0.1) is 0 Å². The second kappa shape index (κ2) is 12.9. The summed E-state index contributed by atoms with van der Waals surface area (Å²) in [7, 11) is 0. The van der Waals surface area contributed by atoms with Crippen molar-refractivity contribution < 1.29 is 10.6 Å². The van der Waals surface area contributed by atoms with Gasteiger partial charge in [0.1, 0.15) is 5.76 Å². The molecule has 1 rings (SSSR count). The van der Waals surface area contributed by atoms with E-state index in [2.05, 4.69) is 12.2 Å². The summed E-state index contributed by atoms with van der Waals surface area (Å²) in [6.45, 7) is 7.89. The number of hydrogen-bond acceptors (Lipinski definition) is 4. The van der Waals surface area contributed by atoms with Crippen LogP contribution in [0, 0.1) is 0 Å². The molecule has 1 aromatic heterocycles. The zero-order valence-electron chi connectivity index (χ0n) is 11.3. The summed E-state index contributed by atoms with van der Waals surface area (Å²) in [6.07, 6.45) is 4.40. The smallest absolute Gasteiger partial charge is 0.185 e. The van der Waals surface area contributed by atoms with E-state index < -0.39 is 0 Å². The molecule has 4 nitrogen and oxygen atoms in total. The average Bonchev–Trinajstić information content (AvgIpc) is 2.79. The van der Waals surface area contributed by atoms with E-state index in [1.807, 2.05) is 19.9 Å². The zero-order chi connectivity index (χ0) is 12.2. The molecule has 0 aliphatic carbocycles. The summed E-state index contributed by atoms with van der Waals surface area (Å²) in [4.78, 5) is 10.3. The molecule has 1 heterocycles. The van der Waals surface area contributed by atoms with Crippen molar-refractivity contribution in [3.8, 4) is 0 Å². The third-order valence-corrected chi connectivity index (χ3v) is 2.05. The molecule has 0 fully saturated rings. The molecule has 0 aromatic carbocycles. The number of carbonyl (C=O) groups is 1. The number of hydrogen-bond donors (Lipinski definition) is 2. The van der Waals surface area contributed by atoms with Gasteiger partial charge in [-0.3, -0.25) is 4.79 Å². The number of unbranched alkanes of at least 4 members (excludes halogenated alkanes) is 2. The average molecular weight is 244 g/mol. The fourth-order valence-corrected chi connectivity index (χ4v) is 1.26. The second-order valence-electron chi connectivity index (χ2n) is 3.31. The van der Waals surface area contributed by atoms with Crippen LogP contribution in [0.25, 0.3) is 0 Å². The third-order valence-electron chi connectivity index (χ3n) is 2.05. The molecule has 102 valence electrons. The van der Waals surface area contributed by atoms with Crippen LogP contribution in [0.2, 0.25) is 0 Å². The summed E-state index contributed by atoms with van der Waals surface area (Å²) >= 11 is 0. The normalized spacial score (nSPS) is 8.88. The molecule has 0 spiro atoms. The second-order valence-corrected chi connectivity index (χ2v) is 3.31. The van der Waals surface area contributed by atoms with E-state index in [4.69, 9.17) is 4.42 Å². The van der Waals surface area contributed by atoms with Crippen molar-refractivity contribution in [1.82, 2.24) is 11.5 Å². The quantitative estimate of drug-likeness (QED) is 0.565. The fourth-order valence-electron chi connectivity index (χ4n) is 1.26. The Bertz CT molecular complexity index is 278. The first-order chi connectivity index (χ1) is 7.86. The highest BCUT2D eigenvalue weighted by atomic mass is 16.3. The van der Waals surface area contributed by atoms with Crippen LogP contribution in [0.1, 0.15) is 57.8 Å².